The Balaban J connectivity index is 2.18. The van der Waals surface area contributed by atoms with Gasteiger partial charge in [-0.2, -0.15) is 4.99 Å². The van der Waals surface area contributed by atoms with Crippen molar-refractivity contribution in [3.05, 3.63) is 58.4 Å². The molecule has 31 heavy (non-hydrogen) atoms. The fourth-order valence-corrected chi connectivity index (χ4v) is 4.29. The SMILES string of the molecule is CCC(=O)Nc1ccc2c(c1)sc(=NC(=O)c1ccc(C)cc1)n2C(CC)C(=O)OC. The molecular weight excluding hydrogens is 414 g/mol. The molecule has 162 valence electrons. The lowest BCUT2D eigenvalue weighted by molar-refractivity contribution is -0.144. The highest BCUT2D eigenvalue weighted by molar-refractivity contribution is 7.16. The van der Waals surface area contributed by atoms with Gasteiger partial charge in [0.2, 0.25) is 5.91 Å². The molecule has 8 heteroatoms. The summed E-state index contributed by atoms with van der Waals surface area (Å²) in [6.45, 7) is 5.60. The van der Waals surface area contributed by atoms with Crippen LogP contribution in [0.3, 0.4) is 0 Å². The molecule has 1 aromatic heterocycles. The molecule has 0 aliphatic rings. The van der Waals surface area contributed by atoms with E-state index in [0.717, 1.165) is 15.8 Å². The average molecular weight is 440 g/mol. The van der Waals surface area contributed by atoms with Gasteiger partial charge >= 0.3 is 5.97 Å². The molecule has 0 radical (unpaired) electrons. The van der Waals surface area contributed by atoms with E-state index < -0.39 is 12.0 Å². The molecule has 1 heterocycles. The molecule has 1 atom stereocenters. The van der Waals surface area contributed by atoms with E-state index >= 15 is 0 Å². The second kappa shape index (κ2) is 9.70. The molecule has 1 N–H and O–H groups in total. The summed E-state index contributed by atoms with van der Waals surface area (Å²) < 4.78 is 7.52. The van der Waals surface area contributed by atoms with Crippen LogP contribution in [0.15, 0.2) is 47.5 Å². The summed E-state index contributed by atoms with van der Waals surface area (Å²) in [5, 5.41) is 2.83. The van der Waals surface area contributed by atoms with E-state index in [-0.39, 0.29) is 11.8 Å². The second-order valence-corrected chi connectivity index (χ2v) is 8.08. The Bertz CT molecular complexity index is 1190. The maximum Gasteiger partial charge on any atom is 0.328 e. The molecule has 7 nitrogen and oxygen atoms in total. The van der Waals surface area contributed by atoms with Crippen molar-refractivity contribution in [3.8, 4) is 0 Å². The Morgan fingerprint density at radius 1 is 1.13 bits per heavy atom. The summed E-state index contributed by atoms with van der Waals surface area (Å²) in [6.07, 6.45) is 0.840. The molecule has 3 rings (SSSR count). The third-order valence-electron chi connectivity index (χ3n) is 4.90. The summed E-state index contributed by atoms with van der Waals surface area (Å²) in [4.78, 5) is 41.8. The highest BCUT2D eigenvalue weighted by Crippen LogP contribution is 2.26. The number of carbonyl (C=O) groups excluding carboxylic acids is 3. The van der Waals surface area contributed by atoms with Crippen LogP contribution in [0.2, 0.25) is 0 Å². The van der Waals surface area contributed by atoms with Gasteiger partial charge in [0.1, 0.15) is 6.04 Å². The van der Waals surface area contributed by atoms with Crippen molar-refractivity contribution in [1.29, 1.82) is 0 Å². The number of nitrogens with one attached hydrogen (secondary N) is 1. The van der Waals surface area contributed by atoms with Gasteiger partial charge < -0.3 is 14.6 Å². The first kappa shape index (κ1) is 22.4. The Labute approximate surface area is 184 Å². The van der Waals surface area contributed by atoms with E-state index in [4.69, 9.17) is 4.74 Å². The van der Waals surface area contributed by atoms with Crippen molar-refractivity contribution in [2.75, 3.05) is 12.4 Å². The number of methoxy groups -OCH3 is 1. The van der Waals surface area contributed by atoms with Gasteiger partial charge in [0.05, 0.1) is 17.3 Å². The quantitative estimate of drug-likeness (QED) is 0.582. The third-order valence-corrected chi connectivity index (χ3v) is 5.92. The van der Waals surface area contributed by atoms with Crippen molar-refractivity contribution in [3.63, 3.8) is 0 Å². The van der Waals surface area contributed by atoms with Crippen LogP contribution >= 0.6 is 11.3 Å². The van der Waals surface area contributed by atoms with Gasteiger partial charge in [0.25, 0.3) is 5.91 Å². The van der Waals surface area contributed by atoms with Gasteiger partial charge in [0.15, 0.2) is 4.80 Å². The van der Waals surface area contributed by atoms with Crippen molar-refractivity contribution in [2.24, 2.45) is 4.99 Å². The highest BCUT2D eigenvalue weighted by atomic mass is 32.1. The fraction of sp³-hybridized carbons (Fsp3) is 0.304. The monoisotopic (exact) mass is 439 g/mol. The summed E-state index contributed by atoms with van der Waals surface area (Å²) >= 11 is 1.29. The molecule has 0 saturated heterocycles. The highest BCUT2D eigenvalue weighted by Gasteiger charge is 2.23. The molecule has 0 aliphatic carbocycles. The van der Waals surface area contributed by atoms with Crippen molar-refractivity contribution in [2.45, 2.75) is 39.7 Å². The van der Waals surface area contributed by atoms with Crippen LogP contribution in [0.1, 0.15) is 48.7 Å². The molecule has 2 aromatic carbocycles. The zero-order chi connectivity index (χ0) is 22.5. The van der Waals surface area contributed by atoms with Crippen LogP contribution < -0.4 is 10.1 Å². The summed E-state index contributed by atoms with van der Waals surface area (Å²) in [7, 11) is 1.34. The molecule has 0 saturated carbocycles. The first-order valence-electron chi connectivity index (χ1n) is 10.1. The van der Waals surface area contributed by atoms with Gasteiger partial charge in [-0.1, -0.05) is 42.9 Å². The number of aryl methyl sites for hydroxylation is 1. The number of esters is 1. The zero-order valence-electron chi connectivity index (χ0n) is 18.0. The molecule has 2 amide bonds. The Kier molecular flexibility index (Phi) is 7.02. The van der Waals surface area contributed by atoms with E-state index in [1.54, 1.807) is 29.7 Å². The maximum absolute atomic E-state index is 12.8. The van der Waals surface area contributed by atoms with Gasteiger partial charge in [-0.05, 0) is 43.7 Å². The average Bonchev–Trinajstić information content (AvgIpc) is 3.11. The number of anilines is 1. The predicted molar refractivity (Wildman–Crippen MR) is 121 cm³/mol. The number of benzene rings is 2. The number of amides is 2. The number of carbonyl (C=O) groups is 3. The molecule has 0 aliphatic heterocycles. The summed E-state index contributed by atoms with van der Waals surface area (Å²) in [5.74, 6) is -0.890. The van der Waals surface area contributed by atoms with Crippen LogP contribution in [0, 0.1) is 6.92 Å². The topological polar surface area (TPSA) is 89.8 Å². The molecule has 0 bridgehead atoms. The smallest absolute Gasteiger partial charge is 0.328 e. The number of hydrogen-bond acceptors (Lipinski definition) is 5. The minimum Gasteiger partial charge on any atom is -0.467 e. The predicted octanol–water partition coefficient (Wildman–Crippen LogP) is 4.22. The molecule has 1 unspecified atom stereocenters. The van der Waals surface area contributed by atoms with E-state index in [1.165, 1.54) is 18.4 Å². The molecule has 0 fully saturated rings. The second-order valence-electron chi connectivity index (χ2n) is 7.07. The van der Waals surface area contributed by atoms with Crippen LogP contribution in [-0.4, -0.2) is 29.5 Å². The van der Waals surface area contributed by atoms with E-state index in [0.29, 0.717) is 28.9 Å². The minimum atomic E-state index is -0.626. The minimum absolute atomic E-state index is 0.0933. The number of ether oxygens (including phenoxy) is 1. The summed E-state index contributed by atoms with van der Waals surface area (Å²) in [5.41, 5.74) is 2.91. The van der Waals surface area contributed by atoms with Gasteiger partial charge in [-0.15, -0.1) is 0 Å². The van der Waals surface area contributed by atoms with E-state index in [1.807, 2.05) is 38.1 Å². The Hall–Kier alpha value is -3.26. The van der Waals surface area contributed by atoms with Gasteiger partial charge in [0, 0.05) is 17.7 Å². The Morgan fingerprint density at radius 3 is 2.45 bits per heavy atom. The number of hydrogen-bond donors (Lipinski definition) is 1. The fourth-order valence-electron chi connectivity index (χ4n) is 3.19. The summed E-state index contributed by atoms with van der Waals surface area (Å²) in [6, 6.07) is 12.0. The van der Waals surface area contributed by atoms with E-state index in [9.17, 15) is 14.4 Å². The molecular formula is C23H25N3O4S. The van der Waals surface area contributed by atoms with Crippen molar-refractivity contribution < 1.29 is 19.1 Å². The normalized spacial score (nSPS) is 12.6. The third kappa shape index (κ3) is 4.91. The lowest BCUT2D eigenvalue weighted by atomic mass is 10.1. The van der Waals surface area contributed by atoms with E-state index in [2.05, 4.69) is 10.3 Å². The largest absolute Gasteiger partial charge is 0.467 e. The van der Waals surface area contributed by atoms with Crippen LogP contribution in [0.5, 0.6) is 0 Å². The van der Waals surface area contributed by atoms with Gasteiger partial charge in [-0.3, -0.25) is 9.59 Å². The first-order chi connectivity index (χ1) is 14.9. The van der Waals surface area contributed by atoms with Gasteiger partial charge in [-0.25, -0.2) is 4.79 Å². The van der Waals surface area contributed by atoms with Crippen LogP contribution in [0.25, 0.3) is 10.2 Å². The van der Waals surface area contributed by atoms with Crippen molar-refractivity contribution in [1.82, 2.24) is 4.57 Å². The molecule has 0 spiro atoms. The Morgan fingerprint density at radius 2 is 1.84 bits per heavy atom. The number of rotatable bonds is 6. The zero-order valence-corrected chi connectivity index (χ0v) is 18.8. The number of nitrogens with zero attached hydrogens (tertiary/aromatic N) is 2. The lowest BCUT2D eigenvalue weighted by Crippen LogP contribution is -2.28. The van der Waals surface area contributed by atoms with Crippen LogP contribution in [-0.2, 0) is 14.3 Å². The van der Waals surface area contributed by atoms with Crippen molar-refractivity contribution >= 4 is 45.0 Å². The number of thiazole rings is 1. The molecule has 3 aromatic rings. The lowest BCUT2D eigenvalue weighted by Gasteiger charge is -2.15. The standard InChI is InChI=1S/C23H25N3O4S/c1-5-17(22(29)30-4)26-18-12-11-16(24-20(27)6-2)13-19(18)31-23(26)25-21(28)15-9-7-14(3)8-10-15/h7-13,17H,5-6H2,1-4H3,(H,24,27). The maximum atomic E-state index is 12.8. The number of fused-ring (bicyclic) bond motifs is 1. The first-order valence-corrected chi connectivity index (χ1v) is 10.9. The number of aromatic nitrogens is 1. The van der Waals surface area contributed by atoms with Crippen LogP contribution in [0.4, 0.5) is 5.69 Å².